The van der Waals surface area contributed by atoms with Gasteiger partial charge in [0.1, 0.15) is 0 Å². The fourth-order valence-electron chi connectivity index (χ4n) is 2.65. The molecule has 152 valence electrons. The summed E-state index contributed by atoms with van der Waals surface area (Å²) in [6, 6.07) is 11.5. The van der Waals surface area contributed by atoms with E-state index in [9.17, 15) is 4.79 Å². The molecule has 0 fully saturated rings. The molecule has 7 nitrogen and oxygen atoms in total. The third-order valence-corrected chi connectivity index (χ3v) is 6.25. The predicted octanol–water partition coefficient (Wildman–Crippen LogP) is 5.34. The molecule has 0 bridgehead atoms. The lowest BCUT2D eigenvalue weighted by Crippen LogP contribution is -2.14. The average molecular weight is 502 g/mol. The summed E-state index contributed by atoms with van der Waals surface area (Å²) in [5.74, 6) is 1.23. The van der Waals surface area contributed by atoms with E-state index in [0.717, 1.165) is 15.7 Å². The van der Waals surface area contributed by atoms with Crippen LogP contribution in [-0.4, -0.2) is 31.4 Å². The number of nitrogens with zero attached hydrogens (tertiary/aromatic N) is 4. The van der Waals surface area contributed by atoms with Crippen LogP contribution in [0.1, 0.15) is 0 Å². The van der Waals surface area contributed by atoms with Gasteiger partial charge in [0.2, 0.25) is 11.7 Å². The second-order valence-corrected chi connectivity index (χ2v) is 8.78. The first-order valence-corrected chi connectivity index (χ1v) is 11.5. The number of hydrogen-bond acceptors (Lipinski definition) is 7. The van der Waals surface area contributed by atoms with E-state index in [1.54, 1.807) is 18.4 Å². The van der Waals surface area contributed by atoms with Crippen molar-refractivity contribution in [1.29, 1.82) is 0 Å². The molecule has 30 heavy (non-hydrogen) atoms. The Balaban J connectivity index is 1.40. The van der Waals surface area contributed by atoms with Gasteiger partial charge in [-0.3, -0.25) is 9.36 Å². The molecule has 0 saturated carbocycles. The summed E-state index contributed by atoms with van der Waals surface area (Å²) >= 11 is 6.11. The van der Waals surface area contributed by atoms with Crippen LogP contribution in [-0.2, 0) is 11.3 Å². The molecule has 0 saturated heterocycles. The molecule has 10 heteroatoms. The summed E-state index contributed by atoms with van der Waals surface area (Å²) in [5.41, 5.74) is 1.82. The van der Waals surface area contributed by atoms with Gasteiger partial charge in [-0.25, -0.2) is 4.98 Å². The standard InChI is InChI=1S/C20H16BrN5O2S2/c1-2-9-26-18(16-4-3-10-28-16)24-25-20(26)30-12-17(27)23-19-22-15(11-29-19)13-5-7-14(21)8-6-13/h2-8,10-11H,1,9,12H2,(H,22,23,27). The zero-order valence-corrected chi connectivity index (χ0v) is 18.8. The zero-order valence-electron chi connectivity index (χ0n) is 15.6. The molecule has 0 aliphatic carbocycles. The lowest BCUT2D eigenvalue weighted by atomic mass is 10.2. The normalized spacial score (nSPS) is 10.8. The maximum atomic E-state index is 12.4. The highest BCUT2D eigenvalue weighted by Gasteiger charge is 2.17. The van der Waals surface area contributed by atoms with Gasteiger partial charge in [0, 0.05) is 22.0 Å². The lowest BCUT2D eigenvalue weighted by Gasteiger charge is -2.06. The van der Waals surface area contributed by atoms with Gasteiger partial charge in [0.15, 0.2) is 16.0 Å². The number of furan rings is 1. The SMILES string of the molecule is C=CCn1c(SCC(=O)Nc2nc(-c3ccc(Br)cc3)cs2)nnc1-c1ccco1. The summed E-state index contributed by atoms with van der Waals surface area (Å²) in [4.78, 5) is 16.9. The van der Waals surface area contributed by atoms with Crippen molar-refractivity contribution < 1.29 is 9.21 Å². The van der Waals surface area contributed by atoms with E-state index < -0.39 is 0 Å². The summed E-state index contributed by atoms with van der Waals surface area (Å²) < 4.78 is 8.28. The van der Waals surface area contributed by atoms with Crippen LogP contribution in [0.5, 0.6) is 0 Å². The molecular formula is C20H16BrN5O2S2. The van der Waals surface area contributed by atoms with Crippen molar-refractivity contribution in [3.05, 3.63) is 65.2 Å². The topological polar surface area (TPSA) is 85.8 Å². The van der Waals surface area contributed by atoms with E-state index in [1.807, 2.05) is 40.3 Å². The smallest absolute Gasteiger partial charge is 0.236 e. The first-order chi connectivity index (χ1) is 14.6. The molecule has 0 aliphatic rings. The van der Waals surface area contributed by atoms with Crippen LogP contribution in [0.25, 0.3) is 22.8 Å². The van der Waals surface area contributed by atoms with Crippen LogP contribution in [0, 0.1) is 0 Å². The summed E-state index contributed by atoms with van der Waals surface area (Å²) in [6.45, 7) is 4.29. The minimum Gasteiger partial charge on any atom is -0.461 e. The van der Waals surface area contributed by atoms with Gasteiger partial charge in [-0.05, 0) is 24.3 Å². The molecule has 1 N–H and O–H groups in total. The highest BCUT2D eigenvalue weighted by Crippen LogP contribution is 2.27. The van der Waals surface area contributed by atoms with Gasteiger partial charge in [-0.15, -0.1) is 28.1 Å². The summed E-state index contributed by atoms with van der Waals surface area (Å²) in [6.07, 6.45) is 3.33. The first-order valence-electron chi connectivity index (χ1n) is 8.86. The van der Waals surface area contributed by atoms with Crippen LogP contribution in [0.4, 0.5) is 5.13 Å². The number of carbonyl (C=O) groups excluding carboxylic acids is 1. The molecule has 0 spiro atoms. The van der Waals surface area contributed by atoms with Gasteiger partial charge in [-0.2, -0.15) is 0 Å². The van der Waals surface area contributed by atoms with E-state index in [4.69, 9.17) is 4.42 Å². The molecular weight excluding hydrogens is 486 g/mol. The number of benzene rings is 1. The van der Waals surface area contributed by atoms with Crippen LogP contribution < -0.4 is 5.32 Å². The fraction of sp³-hybridized carbons (Fsp3) is 0.100. The van der Waals surface area contributed by atoms with Crippen molar-refractivity contribution in [2.24, 2.45) is 0 Å². The van der Waals surface area contributed by atoms with Gasteiger partial charge >= 0.3 is 0 Å². The third kappa shape index (κ3) is 4.72. The number of rotatable bonds is 8. The van der Waals surface area contributed by atoms with Gasteiger partial charge in [0.05, 0.1) is 17.7 Å². The van der Waals surface area contributed by atoms with Crippen molar-refractivity contribution in [3.63, 3.8) is 0 Å². The molecule has 0 unspecified atom stereocenters. The molecule has 0 atom stereocenters. The van der Waals surface area contributed by atoms with E-state index in [-0.39, 0.29) is 11.7 Å². The molecule has 1 aromatic carbocycles. The fourth-order valence-corrected chi connectivity index (χ4v) is 4.40. The minimum atomic E-state index is -0.163. The first kappa shape index (κ1) is 20.6. The number of carbonyl (C=O) groups is 1. The summed E-state index contributed by atoms with van der Waals surface area (Å²) in [5, 5.41) is 14.3. The quantitative estimate of drug-likeness (QED) is 0.259. The number of anilines is 1. The predicted molar refractivity (Wildman–Crippen MR) is 123 cm³/mol. The lowest BCUT2D eigenvalue weighted by molar-refractivity contribution is -0.113. The zero-order chi connectivity index (χ0) is 20.9. The minimum absolute atomic E-state index is 0.163. The molecule has 0 radical (unpaired) electrons. The number of amides is 1. The van der Waals surface area contributed by atoms with Crippen molar-refractivity contribution >= 4 is 50.1 Å². The van der Waals surface area contributed by atoms with Gasteiger partial charge in [-0.1, -0.05) is 45.9 Å². The molecule has 4 rings (SSSR count). The van der Waals surface area contributed by atoms with E-state index in [1.165, 1.54) is 23.1 Å². The number of halogens is 1. The number of hydrogen-bond donors (Lipinski definition) is 1. The van der Waals surface area contributed by atoms with Crippen LogP contribution in [0.15, 0.2) is 74.7 Å². The number of nitrogens with one attached hydrogen (secondary N) is 1. The Morgan fingerprint density at radius 2 is 2.13 bits per heavy atom. The molecule has 1 amide bonds. The highest BCUT2D eigenvalue weighted by atomic mass is 79.9. The second-order valence-electron chi connectivity index (χ2n) is 6.06. The Bertz CT molecular complexity index is 1150. The third-order valence-electron chi connectivity index (χ3n) is 3.99. The Kier molecular flexibility index (Phi) is 6.46. The largest absolute Gasteiger partial charge is 0.461 e. The number of allylic oxidation sites excluding steroid dienone is 1. The Labute approximate surface area is 189 Å². The van der Waals surface area contributed by atoms with Gasteiger partial charge in [0.25, 0.3) is 0 Å². The summed E-state index contributed by atoms with van der Waals surface area (Å²) in [7, 11) is 0. The van der Waals surface area contributed by atoms with Crippen molar-refractivity contribution in [3.8, 4) is 22.8 Å². The van der Waals surface area contributed by atoms with Crippen molar-refractivity contribution in [1.82, 2.24) is 19.7 Å². The Hall–Kier alpha value is -2.69. The second kappa shape index (κ2) is 9.41. The molecule has 3 aromatic heterocycles. The number of aromatic nitrogens is 4. The van der Waals surface area contributed by atoms with Crippen molar-refractivity contribution in [2.75, 3.05) is 11.1 Å². The maximum absolute atomic E-state index is 12.4. The van der Waals surface area contributed by atoms with E-state index in [2.05, 4.69) is 43.0 Å². The Morgan fingerprint density at radius 3 is 2.87 bits per heavy atom. The monoisotopic (exact) mass is 501 g/mol. The number of thiazole rings is 1. The van der Waals surface area contributed by atoms with Crippen LogP contribution in [0.2, 0.25) is 0 Å². The van der Waals surface area contributed by atoms with Crippen LogP contribution >= 0.6 is 39.0 Å². The van der Waals surface area contributed by atoms with E-state index >= 15 is 0 Å². The highest BCUT2D eigenvalue weighted by molar-refractivity contribution is 9.10. The molecule has 4 aromatic rings. The molecule has 0 aliphatic heterocycles. The van der Waals surface area contributed by atoms with Crippen LogP contribution in [0.3, 0.4) is 0 Å². The molecule has 3 heterocycles. The number of thioether (sulfide) groups is 1. The van der Waals surface area contributed by atoms with E-state index in [0.29, 0.717) is 28.4 Å². The maximum Gasteiger partial charge on any atom is 0.236 e. The Morgan fingerprint density at radius 1 is 1.30 bits per heavy atom. The van der Waals surface area contributed by atoms with Crippen molar-refractivity contribution in [2.45, 2.75) is 11.7 Å². The average Bonchev–Trinajstić information content (AvgIpc) is 3.48. The van der Waals surface area contributed by atoms with Gasteiger partial charge < -0.3 is 9.73 Å².